The first kappa shape index (κ1) is 29.7. The van der Waals surface area contributed by atoms with E-state index in [0.717, 1.165) is 17.3 Å². The van der Waals surface area contributed by atoms with Gasteiger partial charge in [0, 0.05) is 10.6 Å². The summed E-state index contributed by atoms with van der Waals surface area (Å²) in [6.45, 7) is 2.52. The standard InChI is InChI=1S/C28H23Cl2N5O5S/c1-2-37-25-11-18(7-9-24(25)38-15-20-6-4-3-5-19(20)13-31)14-32-33-26(36)17-41-28-35-34-27(40-28)16-39-23-10-8-21(29)12-22(23)30/h3-12,14H,2,15-17H2,1H3,(H,33,36)/b32-14-. The predicted octanol–water partition coefficient (Wildman–Crippen LogP) is 6.05. The maximum Gasteiger partial charge on any atom is 0.277 e. The molecule has 0 aliphatic heterocycles. The number of rotatable bonds is 13. The molecule has 10 nitrogen and oxygen atoms in total. The van der Waals surface area contributed by atoms with Crippen molar-refractivity contribution in [3.8, 4) is 23.3 Å². The molecule has 0 spiro atoms. The number of carbonyl (C=O) groups is 1. The van der Waals surface area contributed by atoms with Gasteiger partial charge in [-0.3, -0.25) is 4.79 Å². The van der Waals surface area contributed by atoms with Gasteiger partial charge in [0.2, 0.25) is 0 Å². The minimum absolute atomic E-state index is 0.00396. The lowest BCUT2D eigenvalue weighted by molar-refractivity contribution is -0.118. The molecule has 210 valence electrons. The zero-order valence-electron chi connectivity index (χ0n) is 21.7. The summed E-state index contributed by atoms with van der Waals surface area (Å²) in [4.78, 5) is 12.2. The van der Waals surface area contributed by atoms with E-state index in [1.165, 1.54) is 6.21 Å². The van der Waals surface area contributed by atoms with Gasteiger partial charge in [-0.15, -0.1) is 10.2 Å². The van der Waals surface area contributed by atoms with Gasteiger partial charge in [-0.2, -0.15) is 10.4 Å². The van der Waals surface area contributed by atoms with Crippen LogP contribution in [0.1, 0.15) is 29.5 Å². The molecule has 0 aliphatic carbocycles. The third-order valence-corrected chi connectivity index (χ3v) is 6.56. The maximum absolute atomic E-state index is 12.2. The molecule has 0 aliphatic rings. The second kappa shape index (κ2) is 14.9. The van der Waals surface area contributed by atoms with E-state index in [4.69, 9.17) is 41.8 Å². The highest BCUT2D eigenvalue weighted by atomic mass is 35.5. The van der Waals surface area contributed by atoms with Crippen LogP contribution in [0.3, 0.4) is 0 Å². The zero-order chi connectivity index (χ0) is 29.0. The number of ether oxygens (including phenoxy) is 3. The van der Waals surface area contributed by atoms with E-state index in [-0.39, 0.29) is 36.0 Å². The number of nitrogens with zero attached hydrogens (tertiary/aromatic N) is 4. The fourth-order valence-electron chi connectivity index (χ4n) is 3.33. The van der Waals surface area contributed by atoms with Crippen LogP contribution in [0.15, 0.2) is 75.4 Å². The molecular formula is C28H23Cl2N5O5S. The van der Waals surface area contributed by atoms with Crippen LogP contribution in [-0.4, -0.2) is 34.7 Å². The summed E-state index contributed by atoms with van der Waals surface area (Å²) in [5, 5.41) is 22.1. The van der Waals surface area contributed by atoms with Gasteiger partial charge in [-0.1, -0.05) is 53.2 Å². The highest BCUT2D eigenvalue weighted by Crippen LogP contribution is 2.30. The van der Waals surface area contributed by atoms with Crippen molar-refractivity contribution in [1.29, 1.82) is 5.26 Å². The van der Waals surface area contributed by atoms with Crippen LogP contribution in [0.2, 0.25) is 10.0 Å². The molecule has 0 saturated heterocycles. The van der Waals surface area contributed by atoms with E-state index >= 15 is 0 Å². The number of hydrogen-bond donors (Lipinski definition) is 1. The average Bonchev–Trinajstić information content (AvgIpc) is 3.43. The maximum atomic E-state index is 12.2. The van der Waals surface area contributed by atoms with Gasteiger partial charge >= 0.3 is 0 Å². The van der Waals surface area contributed by atoms with Crippen molar-refractivity contribution in [2.75, 3.05) is 12.4 Å². The molecule has 0 atom stereocenters. The Morgan fingerprint density at radius 3 is 2.66 bits per heavy atom. The molecule has 1 aromatic heterocycles. The van der Waals surface area contributed by atoms with E-state index in [1.54, 1.807) is 48.5 Å². The molecule has 3 aromatic carbocycles. The van der Waals surface area contributed by atoms with Gasteiger partial charge in [0.25, 0.3) is 17.0 Å². The fraction of sp³-hybridized carbons (Fsp3) is 0.179. The third-order valence-electron chi connectivity index (χ3n) is 5.21. The van der Waals surface area contributed by atoms with Crippen LogP contribution in [-0.2, 0) is 18.0 Å². The van der Waals surface area contributed by atoms with Gasteiger partial charge in [-0.05, 0) is 55.0 Å². The highest BCUT2D eigenvalue weighted by Gasteiger charge is 2.12. The number of hydrogen-bond acceptors (Lipinski definition) is 10. The first-order chi connectivity index (χ1) is 19.9. The Morgan fingerprint density at radius 2 is 1.85 bits per heavy atom. The summed E-state index contributed by atoms with van der Waals surface area (Å²) >= 11 is 13.0. The fourth-order valence-corrected chi connectivity index (χ4v) is 4.36. The van der Waals surface area contributed by atoms with Gasteiger partial charge in [0.05, 0.1) is 35.2 Å². The van der Waals surface area contributed by atoms with E-state index < -0.39 is 0 Å². The molecule has 4 rings (SSSR count). The normalized spacial score (nSPS) is 10.8. The summed E-state index contributed by atoms with van der Waals surface area (Å²) in [5.74, 6) is 1.34. The van der Waals surface area contributed by atoms with Gasteiger partial charge < -0.3 is 18.6 Å². The summed E-state index contributed by atoms with van der Waals surface area (Å²) in [7, 11) is 0. The molecule has 0 bridgehead atoms. The molecule has 1 N–H and O–H groups in total. The summed E-state index contributed by atoms with van der Waals surface area (Å²) in [5.41, 5.74) is 4.47. The van der Waals surface area contributed by atoms with Crippen molar-refractivity contribution >= 4 is 47.1 Å². The molecule has 4 aromatic rings. The van der Waals surface area contributed by atoms with Crippen molar-refractivity contribution < 1.29 is 23.4 Å². The minimum atomic E-state index is -0.365. The first-order valence-electron chi connectivity index (χ1n) is 12.2. The molecule has 1 heterocycles. The zero-order valence-corrected chi connectivity index (χ0v) is 24.0. The predicted molar refractivity (Wildman–Crippen MR) is 155 cm³/mol. The Balaban J connectivity index is 1.25. The van der Waals surface area contributed by atoms with E-state index in [1.807, 2.05) is 19.1 Å². The van der Waals surface area contributed by atoms with E-state index in [9.17, 15) is 10.1 Å². The first-order valence-corrected chi connectivity index (χ1v) is 13.9. The summed E-state index contributed by atoms with van der Waals surface area (Å²) in [6, 6.07) is 19.5. The molecule has 0 unspecified atom stereocenters. The van der Waals surface area contributed by atoms with Crippen molar-refractivity contribution in [3.05, 3.63) is 93.3 Å². The number of carbonyl (C=O) groups excluding carboxylic acids is 1. The Kier molecular flexibility index (Phi) is 10.8. The number of aromatic nitrogens is 2. The summed E-state index contributed by atoms with van der Waals surface area (Å²) in [6.07, 6.45) is 1.49. The third kappa shape index (κ3) is 8.88. The number of nitriles is 1. The monoisotopic (exact) mass is 611 g/mol. The minimum Gasteiger partial charge on any atom is -0.490 e. The van der Waals surface area contributed by atoms with Crippen molar-refractivity contribution in [3.63, 3.8) is 0 Å². The van der Waals surface area contributed by atoms with Crippen LogP contribution in [0, 0.1) is 11.3 Å². The SMILES string of the molecule is CCOc1cc(/C=N\NC(=O)CSc2nnc(COc3ccc(Cl)cc3Cl)o2)ccc1OCc1ccccc1C#N. The van der Waals surface area contributed by atoms with Crippen molar-refractivity contribution in [2.24, 2.45) is 5.10 Å². The second-order valence-corrected chi connectivity index (χ2v) is 9.87. The van der Waals surface area contributed by atoms with Crippen molar-refractivity contribution in [1.82, 2.24) is 15.6 Å². The number of nitrogens with one attached hydrogen (secondary N) is 1. The number of hydrazone groups is 1. The molecule has 0 saturated carbocycles. The largest absolute Gasteiger partial charge is 0.490 e. The Labute approximate surface area is 250 Å². The lowest BCUT2D eigenvalue weighted by Gasteiger charge is -2.13. The van der Waals surface area contributed by atoms with Gasteiger partial charge in [0.15, 0.2) is 18.1 Å². The summed E-state index contributed by atoms with van der Waals surface area (Å²) < 4.78 is 22.7. The van der Waals surface area contributed by atoms with E-state index in [0.29, 0.717) is 45.0 Å². The molecule has 0 fully saturated rings. The van der Waals surface area contributed by atoms with Crippen LogP contribution >= 0.6 is 35.0 Å². The van der Waals surface area contributed by atoms with Crippen LogP contribution in [0.4, 0.5) is 0 Å². The lowest BCUT2D eigenvalue weighted by atomic mass is 10.1. The molecule has 41 heavy (non-hydrogen) atoms. The molecular weight excluding hydrogens is 589 g/mol. The Morgan fingerprint density at radius 1 is 1.05 bits per heavy atom. The van der Waals surface area contributed by atoms with Crippen molar-refractivity contribution in [2.45, 2.75) is 25.4 Å². The quantitative estimate of drug-likeness (QED) is 0.109. The molecule has 13 heteroatoms. The topological polar surface area (TPSA) is 132 Å². The van der Waals surface area contributed by atoms with E-state index in [2.05, 4.69) is 26.8 Å². The molecule has 1 amide bonds. The number of amides is 1. The highest BCUT2D eigenvalue weighted by molar-refractivity contribution is 7.99. The lowest BCUT2D eigenvalue weighted by Crippen LogP contribution is -2.19. The molecule has 0 radical (unpaired) electrons. The number of thioether (sulfide) groups is 1. The second-order valence-electron chi connectivity index (χ2n) is 8.10. The van der Waals surface area contributed by atoms with Crippen LogP contribution < -0.4 is 19.6 Å². The smallest absolute Gasteiger partial charge is 0.277 e. The number of halogens is 2. The Hall–Kier alpha value is -4.24. The average molecular weight is 612 g/mol. The van der Waals surface area contributed by atoms with Crippen LogP contribution in [0.5, 0.6) is 17.2 Å². The Bertz CT molecular complexity index is 1570. The number of benzene rings is 3. The van der Waals surface area contributed by atoms with Gasteiger partial charge in [0.1, 0.15) is 12.4 Å². The van der Waals surface area contributed by atoms with Gasteiger partial charge in [-0.25, -0.2) is 5.43 Å². The van der Waals surface area contributed by atoms with Crippen LogP contribution in [0.25, 0.3) is 0 Å².